The lowest BCUT2D eigenvalue weighted by atomic mass is 10.2. The predicted molar refractivity (Wildman–Crippen MR) is 86.8 cm³/mol. The SMILES string of the molecule is CN1CCCNP12=NP1(=NP(Cl)(Cl)=N2)OCC(F)(F)C(F)(F)CO1. The Labute approximate surface area is 145 Å². The fourth-order valence-corrected chi connectivity index (χ4v) is 14.6. The fourth-order valence-electron chi connectivity index (χ4n) is 2.18. The van der Waals surface area contributed by atoms with Gasteiger partial charge in [0.1, 0.15) is 13.2 Å². The molecule has 1 N–H and O–H groups in total. The van der Waals surface area contributed by atoms with Gasteiger partial charge in [0.15, 0.2) is 0 Å². The van der Waals surface area contributed by atoms with Crippen molar-refractivity contribution in [3.63, 3.8) is 0 Å². The first kappa shape index (κ1) is 19.6. The molecule has 0 aliphatic carbocycles. The Morgan fingerprint density at radius 3 is 2.17 bits per heavy atom. The summed E-state index contributed by atoms with van der Waals surface area (Å²) >= 11 is 12.2. The summed E-state index contributed by atoms with van der Waals surface area (Å²) in [7, 11) is -5.05. The first-order valence-corrected chi connectivity index (χ1v) is 13.4. The third kappa shape index (κ3) is 3.49. The molecule has 24 heavy (non-hydrogen) atoms. The minimum absolute atomic E-state index is 0.533. The van der Waals surface area contributed by atoms with Crippen LogP contribution in [0, 0.1) is 0 Å². The van der Waals surface area contributed by atoms with Crippen LogP contribution in [0.15, 0.2) is 13.5 Å². The van der Waals surface area contributed by atoms with E-state index in [9.17, 15) is 17.6 Å². The van der Waals surface area contributed by atoms with Gasteiger partial charge in [0.2, 0.25) is 7.51 Å². The normalized spacial score (nSPS) is 37.1. The zero-order valence-corrected chi connectivity index (χ0v) is 16.4. The van der Waals surface area contributed by atoms with Crippen molar-refractivity contribution in [3.8, 4) is 0 Å². The summed E-state index contributed by atoms with van der Waals surface area (Å²) in [4.78, 5) is 0. The molecule has 0 radical (unpaired) electrons. The van der Waals surface area contributed by atoms with E-state index in [2.05, 4.69) is 18.6 Å². The van der Waals surface area contributed by atoms with Crippen molar-refractivity contribution in [3.05, 3.63) is 0 Å². The second-order valence-electron chi connectivity index (χ2n) is 5.38. The van der Waals surface area contributed by atoms with E-state index in [0.717, 1.165) is 6.42 Å². The lowest BCUT2D eigenvalue weighted by Gasteiger charge is -2.38. The maximum atomic E-state index is 13.6. The largest absolute Gasteiger partial charge is 0.346 e. The molecule has 3 rings (SSSR count). The van der Waals surface area contributed by atoms with Crippen molar-refractivity contribution in [1.29, 1.82) is 0 Å². The molecule has 0 aromatic carbocycles. The van der Waals surface area contributed by atoms with Crippen molar-refractivity contribution in [2.75, 3.05) is 33.4 Å². The number of nitrogens with zero attached hydrogens (tertiary/aromatic N) is 4. The molecule has 16 heteroatoms. The average molecular weight is 452 g/mol. The van der Waals surface area contributed by atoms with E-state index in [1.165, 1.54) is 0 Å². The molecular formula is C8H14Cl2F4N5O2P3. The Morgan fingerprint density at radius 1 is 1.04 bits per heavy atom. The van der Waals surface area contributed by atoms with Gasteiger partial charge in [0, 0.05) is 13.1 Å². The van der Waals surface area contributed by atoms with E-state index in [1.807, 2.05) is 0 Å². The number of nitrogens with one attached hydrogen (secondary N) is 1. The van der Waals surface area contributed by atoms with Crippen molar-refractivity contribution in [2.45, 2.75) is 18.3 Å². The summed E-state index contributed by atoms with van der Waals surface area (Å²) in [6.07, 6.45) is 0.791. The molecule has 1 atom stereocenters. The second kappa shape index (κ2) is 6.18. The van der Waals surface area contributed by atoms with Crippen LogP contribution in [0.2, 0.25) is 0 Å². The Bertz CT molecular complexity index is 692. The Kier molecular flexibility index (Phi) is 5.04. The third-order valence-corrected chi connectivity index (χ3v) is 14.2. The summed E-state index contributed by atoms with van der Waals surface area (Å²) in [6, 6.07) is 0. The molecule has 0 amide bonds. The predicted octanol–water partition coefficient (Wildman–Crippen LogP) is 5.56. The molecule has 0 bridgehead atoms. The van der Waals surface area contributed by atoms with Crippen LogP contribution in [0.25, 0.3) is 0 Å². The van der Waals surface area contributed by atoms with Gasteiger partial charge in [-0.15, -0.1) is 0 Å². The number of hydrogen-bond donors (Lipinski definition) is 1. The van der Waals surface area contributed by atoms with Crippen molar-refractivity contribution in [1.82, 2.24) is 9.76 Å². The highest BCUT2D eigenvalue weighted by atomic mass is 35.9. The van der Waals surface area contributed by atoms with Gasteiger partial charge in [0.05, 0.1) is 0 Å². The van der Waals surface area contributed by atoms with E-state index in [0.29, 0.717) is 13.1 Å². The van der Waals surface area contributed by atoms with E-state index < -0.39 is 46.1 Å². The lowest BCUT2D eigenvalue weighted by molar-refractivity contribution is -0.222. The van der Waals surface area contributed by atoms with Gasteiger partial charge in [-0.3, -0.25) is 14.1 Å². The van der Waals surface area contributed by atoms with Crippen molar-refractivity contribution in [2.24, 2.45) is 13.5 Å². The Morgan fingerprint density at radius 2 is 1.62 bits per heavy atom. The molecule has 0 saturated carbocycles. The van der Waals surface area contributed by atoms with E-state index in [4.69, 9.17) is 31.5 Å². The van der Waals surface area contributed by atoms with Crippen molar-refractivity contribution < 1.29 is 26.6 Å². The molecule has 3 heterocycles. The highest BCUT2D eigenvalue weighted by Crippen LogP contribution is 2.83. The molecule has 3 aliphatic heterocycles. The van der Waals surface area contributed by atoms with Crippen LogP contribution < -0.4 is 5.09 Å². The zero-order chi connectivity index (χ0) is 17.9. The summed E-state index contributed by atoms with van der Waals surface area (Å²) < 4.78 is 78.4. The molecule has 1 unspecified atom stereocenters. The molecule has 2 saturated heterocycles. The Hall–Kier alpha value is 0.830. The molecule has 7 nitrogen and oxygen atoms in total. The number of halogens is 6. The zero-order valence-electron chi connectivity index (χ0n) is 12.3. The molecule has 0 aromatic heterocycles. The van der Waals surface area contributed by atoms with E-state index in [-0.39, 0.29) is 0 Å². The Balaban J connectivity index is 2.12. The summed E-state index contributed by atoms with van der Waals surface area (Å²) in [5.74, 6) is -12.2. The lowest BCUT2D eigenvalue weighted by Crippen LogP contribution is -2.45. The van der Waals surface area contributed by atoms with Gasteiger partial charge in [0.25, 0.3) is 5.91 Å². The molecular weight excluding hydrogens is 438 g/mol. The maximum absolute atomic E-state index is 13.6. The quantitative estimate of drug-likeness (QED) is 0.386. The molecule has 2 fully saturated rings. The van der Waals surface area contributed by atoms with Crippen molar-refractivity contribution >= 4 is 43.6 Å². The van der Waals surface area contributed by atoms with E-state index >= 15 is 0 Å². The topological polar surface area (TPSA) is 70.8 Å². The minimum Gasteiger partial charge on any atom is -0.300 e. The van der Waals surface area contributed by atoms with Gasteiger partial charge in [-0.05, 0) is 36.0 Å². The second-order valence-corrected chi connectivity index (χ2v) is 15.4. The van der Waals surface area contributed by atoms with Crippen LogP contribution >= 0.6 is 43.6 Å². The number of rotatable bonds is 0. The van der Waals surface area contributed by atoms with Crippen LogP contribution in [0.5, 0.6) is 0 Å². The summed E-state index contributed by atoms with van der Waals surface area (Å²) in [5.41, 5.74) is 0. The molecule has 0 aromatic rings. The number of hydrogen-bond acceptors (Lipinski definition) is 7. The monoisotopic (exact) mass is 451 g/mol. The highest BCUT2D eigenvalue weighted by molar-refractivity contribution is 8.13. The standard InChI is InChI=1S/C8H14Cl2F4N5O2P3/c1-19-4-2-3-15-23(19)16-22(9,10)17-24(18-23)20-5-7(11,12)8(13,14)6-21-24/h15H,2-6H2,1H3. The first-order valence-electron chi connectivity index (χ1n) is 6.73. The molecule has 2 spiro atoms. The van der Waals surface area contributed by atoms with Gasteiger partial charge in [-0.2, -0.15) is 31.1 Å². The van der Waals surface area contributed by atoms with Gasteiger partial charge in [-0.1, -0.05) is 0 Å². The third-order valence-electron chi connectivity index (χ3n) is 3.51. The maximum Gasteiger partial charge on any atom is 0.346 e. The number of alkyl halides is 4. The van der Waals surface area contributed by atoms with Crippen LogP contribution in [-0.4, -0.2) is 49.9 Å². The van der Waals surface area contributed by atoms with Gasteiger partial charge >= 0.3 is 19.5 Å². The summed E-state index contributed by atoms with van der Waals surface area (Å²) in [6.45, 7) is -2.05. The molecule has 140 valence electrons. The van der Waals surface area contributed by atoms with Crippen LogP contribution in [-0.2, 0) is 9.05 Å². The van der Waals surface area contributed by atoms with Crippen LogP contribution in [0.3, 0.4) is 0 Å². The smallest absolute Gasteiger partial charge is 0.300 e. The van der Waals surface area contributed by atoms with Crippen LogP contribution in [0.4, 0.5) is 17.6 Å². The van der Waals surface area contributed by atoms with Crippen LogP contribution in [0.1, 0.15) is 6.42 Å². The minimum atomic E-state index is -4.41. The first-order chi connectivity index (χ1) is 10.9. The fraction of sp³-hybridized carbons (Fsp3) is 1.00. The summed E-state index contributed by atoms with van der Waals surface area (Å²) in [5, 5.41) is 3.07. The van der Waals surface area contributed by atoms with Gasteiger partial charge in [-0.25, -0.2) is 4.67 Å². The van der Waals surface area contributed by atoms with Gasteiger partial charge < -0.3 is 0 Å². The average Bonchev–Trinajstić information content (AvgIpc) is 2.52. The van der Waals surface area contributed by atoms with E-state index in [1.54, 1.807) is 11.7 Å². The highest BCUT2D eigenvalue weighted by Gasteiger charge is 2.61. The molecule has 3 aliphatic rings.